The van der Waals surface area contributed by atoms with Crippen molar-refractivity contribution in [1.82, 2.24) is 19.7 Å². The molecule has 1 amide bonds. The minimum absolute atomic E-state index is 0.125. The summed E-state index contributed by atoms with van der Waals surface area (Å²) in [6.45, 7) is 8.78. The third kappa shape index (κ3) is 3.22. The zero-order valence-corrected chi connectivity index (χ0v) is 18.9. The van der Waals surface area contributed by atoms with Crippen molar-refractivity contribution in [1.29, 1.82) is 0 Å². The van der Waals surface area contributed by atoms with Gasteiger partial charge in [-0.3, -0.25) is 4.79 Å². The summed E-state index contributed by atoms with van der Waals surface area (Å²) in [5.41, 5.74) is 8.47. The summed E-state index contributed by atoms with van der Waals surface area (Å²) < 4.78 is 2.05. The van der Waals surface area contributed by atoms with Crippen LogP contribution in [0.3, 0.4) is 0 Å². The van der Waals surface area contributed by atoms with Crippen LogP contribution in [0, 0.1) is 19.8 Å². The number of aliphatic hydroxyl groups is 1. The van der Waals surface area contributed by atoms with E-state index in [0.717, 1.165) is 50.2 Å². The highest BCUT2D eigenvalue weighted by atomic mass is 16.3. The van der Waals surface area contributed by atoms with Crippen molar-refractivity contribution < 1.29 is 9.90 Å². The standard InChI is InChI=1S/C26H28N4O2/c1-15(2)25(31)26(32)29-13-20-22(14-29)28-30(23-16(3)6-5-7-17(23)4)24(20)19-8-9-21-18(12-19)10-11-27-21/h5-12,15,25,27,31H,13-14H2,1-4H3/t25-/m0/s1. The van der Waals surface area contributed by atoms with Crippen LogP contribution in [0.2, 0.25) is 0 Å². The fraction of sp³-hybridized carbons (Fsp3) is 0.308. The number of aryl methyl sites for hydroxylation is 2. The molecule has 1 aliphatic rings. The van der Waals surface area contributed by atoms with Crippen molar-refractivity contribution >= 4 is 16.8 Å². The summed E-state index contributed by atoms with van der Waals surface area (Å²) in [4.78, 5) is 17.8. The molecule has 0 unspecified atom stereocenters. The second kappa shape index (κ2) is 7.64. The molecule has 0 fully saturated rings. The Balaban J connectivity index is 1.66. The number of aliphatic hydroxyl groups excluding tert-OH is 1. The maximum atomic E-state index is 12.8. The fourth-order valence-electron chi connectivity index (χ4n) is 4.64. The Morgan fingerprint density at radius 2 is 1.84 bits per heavy atom. The molecule has 6 heteroatoms. The number of amides is 1. The van der Waals surface area contributed by atoms with Crippen molar-refractivity contribution in [3.63, 3.8) is 0 Å². The number of aromatic nitrogens is 3. The second-order valence-corrected chi connectivity index (χ2v) is 9.09. The van der Waals surface area contributed by atoms with Crippen molar-refractivity contribution in [3.05, 3.63) is 71.0 Å². The largest absolute Gasteiger partial charge is 0.383 e. The Morgan fingerprint density at radius 1 is 1.09 bits per heavy atom. The molecule has 0 spiro atoms. The highest BCUT2D eigenvalue weighted by Gasteiger charge is 2.34. The molecule has 2 aromatic heterocycles. The summed E-state index contributed by atoms with van der Waals surface area (Å²) in [5.74, 6) is -0.357. The molecular weight excluding hydrogens is 400 g/mol. The Morgan fingerprint density at radius 3 is 2.56 bits per heavy atom. The van der Waals surface area contributed by atoms with Crippen LogP contribution >= 0.6 is 0 Å². The number of nitrogens with one attached hydrogen (secondary N) is 1. The van der Waals surface area contributed by atoms with Gasteiger partial charge in [-0.1, -0.05) is 38.1 Å². The average Bonchev–Trinajstić information content (AvgIpc) is 3.46. The molecule has 3 heterocycles. The zero-order chi connectivity index (χ0) is 22.6. The lowest BCUT2D eigenvalue weighted by Crippen LogP contribution is -2.38. The van der Waals surface area contributed by atoms with Crippen LogP contribution < -0.4 is 0 Å². The molecule has 5 rings (SSSR count). The number of carbonyl (C=O) groups is 1. The van der Waals surface area contributed by atoms with Gasteiger partial charge in [-0.15, -0.1) is 0 Å². The number of benzene rings is 2. The Bertz CT molecular complexity index is 1310. The van der Waals surface area contributed by atoms with Crippen molar-refractivity contribution in [2.45, 2.75) is 46.9 Å². The van der Waals surface area contributed by atoms with E-state index < -0.39 is 6.10 Å². The fourth-order valence-corrected chi connectivity index (χ4v) is 4.64. The van der Waals surface area contributed by atoms with Crippen LogP contribution in [0.1, 0.15) is 36.2 Å². The normalized spacial score (nSPS) is 14.4. The van der Waals surface area contributed by atoms with E-state index in [2.05, 4.69) is 61.3 Å². The van der Waals surface area contributed by atoms with E-state index in [1.54, 1.807) is 4.90 Å². The van der Waals surface area contributed by atoms with E-state index in [1.807, 2.05) is 24.7 Å². The Labute approximate surface area is 187 Å². The van der Waals surface area contributed by atoms with E-state index in [0.29, 0.717) is 13.1 Å². The van der Waals surface area contributed by atoms with E-state index in [4.69, 9.17) is 5.10 Å². The maximum absolute atomic E-state index is 12.8. The SMILES string of the molecule is Cc1cccc(C)c1-n1nc2c(c1-c1ccc3[nH]ccc3c1)CN(C(=O)[C@@H](O)C(C)C)C2. The van der Waals surface area contributed by atoms with E-state index in [-0.39, 0.29) is 11.8 Å². The molecule has 0 saturated heterocycles. The number of H-pyrrole nitrogens is 1. The molecule has 2 aromatic carbocycles. The van der Waals surface area contributed by atoms with Crippen LogP contribution in [-0.2, 0) is 17.9 Å². The molecule has 6 nitrogen and oxygen atoms in total. The van der Waals surface area contributed by atoms with Gasteiger partial charge >= 0.3 is 0 Å². The van der Waals surface area contributed by atoms with Crippen molar-refractivity contribution in [2.24, 2.45) is 5.92 Å². The minimum atomic E-state index is -0.996. The monoisotopic (exact) mass is 428 g/mol. The van der Waals surface area contributed by atoms with Gasteiger partial charge < -0.3 is 15.0 Å². The van der Waals surface area contributed by atoms with Crippen LogP contribution in [0.5, 0.6) is 0 Å². The quantitative estimate of drug-likeness (QED) is 0.503. The predicted octanol–water partition coefficient (Wildman–Crippen LogP) is 4.50. The first kappa shape index (κ1) is 20.5. The molecular formula is C26H28N4O2. The molecule has 0 bridgehead atoms. The number of hydrogen-bond donors (Lipinski definition) is 2. The van der Waals surface area contributed by atoms with Gasteiger partial charge in [0.05, 0.1) is 30.2 Å². The minimum Gasteiger partial charge on any atom is -0.383 e. The van der Waals surface area contributed by atoms with Gasteiger partial charge in [0.2, 0.25) is 0 Å². The summed E-state index contributed by atoms with van der Waals surface area (Å²) in [7, 11) is 0. The van der Waals surface area contributed by atoms with Crippen molar-refractivity contribution in [3.8, 4) is 16.9 Å². The number of para-hydroxylation sites is 1. The molecule has 32 heavy (non-hydrogen) atoms. The number of fused-ring (bicyclic) bond motifs is 2. The number of rotatable bonds is 4. The van der Waals surface area contributed by atoms with Gasteiger partial charge in [0.1, 0.15) is 6.10 Å². The lowest BCUT2D eigenvalue weighted by atomic mass is 10.0. The molecule has 1 aliphatic heterocycles. The molecule has 0 saturated carbocycles. The van der Waals surface area contributed by atoms with Gasteiger partial charge in [-0.2, -0.15) is 5.10 Å². The Hall–Kier alpha value is -3.38. The first-order valence-corrected chi connectivity index (χ1v) is 11.1. The second-order valence-electron chi connectivity index (χ2n) is 9.09. The number of hydrogen-bond acceptors (Lipinski definition) is 3. The molecule has 0 radical (unpaired) electrons. The number of aromatic amines is 1. The van der Waals surface area contributed by atoms with Crippen LogP contribution in [0.15, 0.2) is 48.7 Å². The van der Waals surface area contributed by atoms with Gasteiger partial charge in [0, 0.05) is 28.2 Å². The molecule has 1 atom stereocenters. The van der Waals surface area contributed by atoms with E-state index >= 15 is 0 Å². The molecule has 2 N–H and O–H groups in total. The van der Waals surface area contributed by atoms with Gasteiger partial charge in [0.25, 0.3) is 5.91 Å². The summed E-state index contributed by atoms with van der Waals surface area (Å²) in [5, 5.41) is 16.5. The molecule has 4 aromatic rings. The lowest BCUT2D eigenvalue weighted by molar-refractivity contribution is -0.143. The van der Waals surface area contributed by atoms with E-state index in [9.17, 15) is 9.90 Å². The lowest BCUT2D eigenvalue weighted by Gasteiger charge is -2.22. The molecule has 0 aliphatic carbocycles. The highest BCUT2D eigenvalue weighted by molar-refractivity contribution is 5.86. The third-order valence-electron chi connectivity index (χ3n) is 6.43. The van der Waals surface area contributed by atoms with E-state index in [1.165, 1.54) is 0 Å². The van der Waals surface area contributed by atoms with Gasteiger partial charge in [-0.05, 0) is 49.1 Å². The van der Waals surface area contributed by atoms with Gasteiger partial charge in [0.15, 0.2) is 0 Å². The third-order valence-corrected chi connectivity index (χ3v) is 6.43. The zero-order valence-electron chi connectivity index (χ0n) is 18.9. The predicted molar refractivity (Wildman–Crippen MR) is 125 cm³/mol. The van der Waals surface area contributed by atoms with Crippen LogP contribution in [-0.4, -0.2) is 36.8 Å². The first-order chi connectivity index (χ1) is 15.3. The maximum Gasteiger partial charge on any atom is 0.252 e. The molecule has 164 valence electrons. The van der Waals surface area contributed by atoms with Crippen molar-refractivity contribution in [2.75, 3.05) is 0 Å². The smallest absolute Gasteiger partial charge is 0.252 e. The first-order valence-electron chi connectivity index (χ1n) is 11.1. The van der Waals surface area contributed by atoms with Gasteiger partial charge in [-0.25, -0.2) is 4.68 Å². The summed E-state index contributed by atoms with van der Waals surface area (Å²) in [6.07, 6.45) is 0.944. The Kier molecular flexibility index (Phi) is 4.90. The summed E-state index contributed by atoms with van der Waals surface area (Å²) >= 11 is 0. The highest BCUT2D eigenvalue weighted by Crippen LogP contribution is 2.37. The average molecular weight is 429 g/mol. The number of nitrogens with zero attached hydrogens (tertiary/aromatic N) is 3. The van der Waals surface area contributed by atoms with Crippen LogP contribution in [0.25, 0.3) is 27.8 Å². The van der Waals surface area contributed by atoms with Crippen LogP contribution in [0.4, 0.5) is 0 Å². The topological polar surface area (TPSA) is 74.2 Å². The number of carbonyl (C=O) groups excluding carboxylic acids is 1. The summed E-state index contributed by atoms with van der Waals surface area (Å²) in [6, 6.07) is 14.7.